The number of rotatable bonds is 5. The number of halogens is 1. The average molecular weight is 294 g/mol. The molecule has 0 bridgehead atoms. The van der Waals surface area contributed by atoms with Crippen molar-refractivity contribution in [1.29, 1.82) is 0 Å². The summed E-state index contributed by atoms with van der Waals surface area (Å²) in [6.45, 7) is 8.63. The van der Waals surface area contributed by atoms with Gasteiger partial charge in [-0.05, 0) is 56.8 Å². The maximum absolute atomic E-state index is 14.1. The molecule has 1 atom stereocenters. The molecule has 0 amide bonds. The van der Waals surface area contributed by atoms with Crippen molar-refractivity contribution in [3.63, 3.8) is 0 Å². The van der Waals surface area contributed by atoms with Gasteiger partial charge in [-0.3, -0.25) is 0 Å². The van der Waals surface area contributed by atoms with Crippen LogP contribution in [0.5, 0.6) is 0 Å². The first-order valence-electron chi connectivity index (χ1n) is 6.66. The highest BCUT2D eigenvalue weighted by atomic mass is 32.2. The minimum Gasteiger partial charge on any atom is -0.436 e. The summed E-state index contributed by atoms with van der Waals surface area (Å²) in [6.07, 6.45) is 0. The zero-order valence-corrected chi connectivity index (χ0v) is 13.0. The summed E-state index contributed by atoms with van der Waals surface area (Å²) in [4.78, 5) is 4.78. The lowest BCUT2D eigenvalue weighted by Gasteiger charge is -2.13. The Bertz CT molecular complexity index is 578. The summed E-state index contributed by atoms with van der Waals surface area (Å²) in [5.41, 5.74) is 1.78. The third-order valence-corrected chi connectivity index (χ3v) is 4.07. The van der Waals surface area contributed by atoms with E-state index in [-0.39, 0.29) is 11.9 Å². The van der Waals surface area contributed by atoms with Crippen molar-refractivity contribution in [1.82, 2.24) is 10.3 Å². The van der Waals surface area contributed by atoms with E-state index in [2.05, 4.69) is 10.3 Å². The van der Waals surface area contributed by atoms with E-state index in [1.54, 1.807) is 12.1 Å². The van der Waals surface area contributed by atoms with Gasteiger partial charge in [0.05, 0.1) is 10.6 Å². The van der Waals surface area contributed by atoms with E-state index in [0.717, 1.165) is 23.6 Å². The number of hydrogen-bond donors (Lipinski definition) is 1. The van der Waals surface area contributed by atoms with Crippen LogP contribution in [-0.2, 0) is 0 Å². The molecule has 1 N–H and O–H groups in total. The summed E-state index contributed by atoms with van der Waals surface area (Å²) in [6, 6.07) is 5.41. The first-order valence-corrected chi connectivity index (χ1v) is 7.47. The number of nitrogens with zero attached hydrogens (tertiary/aromatic N) is 1. The molecule has 0 aliphatic carbocycles. The maximum Gasteiger partial charge on any atom is 0.261 e. The van der Waals surface area contributed by atoms with Gasteiger partial charge in [-0.1, -0.05) is 13.0 Å². The van der Waals surface area contributed by atoms with Crippen molar-refractivity contribution in [3.8, 4) is 0 Å². The molecule has 0 aliphatic rings. The predicted octanol–water partition coefficient (Wildman–Crippen LogP) is 4.25. The van der Waals surface area contributed by atoms with Gasteiger partial charge in [0.25, 0.3) is 5.22 Å². The molecule has 1 unspecified atom stereocenters. The van der Waals surface area contributed by atoms with Gasteiger partial charge in [0.15, 0.2) is 0 Å². The molecule has 5 heteroatoms. The van der Waals surface area contributed by atoms with E-state index in [9.17, 15) is 4.39 Å². The highest BCUT2D eigenvalue weighted by Crippen LogP contribution is 2.31. The first kappa shape index (κ1) is 15.1. The molecule has 2 aromatic rings. The van der Waals surface area contributed by atoms with Crippen molar-refractivity contribution in [2.75, 3.05) is 6.54 Å². The van der Waals surface area contributed by atoms with Crippen LogP contribution >= 0.6 is 11.8 Å². The van der Waals surface area contributed by atoms with Crippen LogP contribution in [0.15, 0.2) is 32.7 Å². The average Bonchev–Trinajstić information content (AvgIpc) is 2.71. The van der Waals surface area contributed by atoms with Crippen LogP contribution < -0.4 is 5.32 Å². The molecule has 0 radical (unpaired) electrons. The number of hydrogen-bond acceptors (Lipinski definition) is 4. The number of oxazole rings is 1. The molecule has 0 fully saturated rings. The Morgan fingerprint density at radius 3 is 2.70 bits per heavy atom. The highest BCUT2D eigenvalue weighted by molar-refractivity contribution is 7.99. The van der Waals surface area contributed by atoms with Gasteiger partial charge < -0.3 is 9.73 Å². The molecule has 0 aliphatic heterocycles. The van der Waals surface area contributed by atoms with E-state index < -0.39 is 0 Å². The predicted molar refractivity (Wildman–Crippen MR) is 78.6 cm³/mol. The number of nitrogens with one attached hydrogen (secondary N) is 1. The summed E-state index contributed by atoms with van der Waals surface area (Å²) >= 11 is 1.21. The van der Waals surface area contributed by atoms with Crippen molar-refractivity contribution in [2.24, 2.45) is 0 Å². The van der Waals surface area contributed by atoms with Gasteiger partial charge in [-0.15, -0.1) is 0 Å². The van der Waals surface area contributed by atoms with Gasteiger partial charge in [0, 0.05) is 6.04 Å². The van der Waals surface area contributed by atoms with Gasteiger partial charge in [-0.2, -0.15) is 0 Å². The third-order valence-electron chi connectivity index (χ3n) is 3.17. The molecule has 1 heterocycles. The Hall–Kier alpha value is -1.33. The van der Waals surface area contributed by atoms with Gasteiger partial charge in [0.2, 0.25) is 0 Å². The van der Waals surface area contributed by atoms with Crippen LogP contribution in [0.4, 0.5) is 4.39 Å². The van der Waals surface area contributed by atoms with Crippen LogP contribution in [0.2, 0.25) is 0 Å². The number of benzene rings is 1. The van der Waals surface area contributed by atoms with Crippen molar-refractivity contribution < 1.29 is 8.81 Å². The summed E-state index contributed by atoms with van der Waals surface area (Å²) in [5, 5.41) is 3.74. The Morgan fingerprint density at radius 2 is 2.15 bits per heavy atom. The second-order valence-corrected chi connectivity index (χ2v) is 5.69. The summed E-state index contributed by atoms with van der Waals surface area (Å²) in [5.74, 6) is 0.524. The topological polar surface area (TPSA) is 38.1 Å². The standard InChI is InChI=1S/C15H19FN2OS/c1-5-17-10(3)12-6-7-14(13(16)8-12)20-15-18-9(2)11(4)19-15/h6-8,10,17H,5H2,1-4H3. The lowest BCUT2D eigenvalue weighted by Crippen LogP contribution is -2.17. The SMILES string of the molecule is CCNC(C)c1ccc(Sc2nc(C)c(C)o2)c(F)c1. The van der Waals surface area contributed by atoms with Crippen LogP contribution in [-0.4, -0.2) is 11.5 Å². The van der Waals surface area contributed by atoms with E-state index in [1.165, 1.54) is 11.8 Å². The highest BCUT2D eigenvalue weighted by Gasteiger charge is 2.13. The van der Waals surface area contributed by atoms with Crippen molar-refractivity contribution >= 4 is 11.8 Å². The Balaban J connectivity index is 2.17. The lowest BCUT2D eigenvalue weighted by atomic mass is 10.1. The minimum absolute atomic E-state index is 0.139. The summed E-state index contributed by atoms with van der Waals surface area (Å²) < 4.78 is 19.6. The molecule has 0 saturated carbocycles. The zero-order chi connectivity index (χ0) is 14.7. The second kappa shape index (κ2) is 6.41. The van der Waals surface area contributed by atoms with E-state index in [1.807, 2.05) is 33.8 Å². The molecular weight excluding hydrogens is 275 g/mol. The Morgan fingerprint density at radius 1 is 1.40 bits per heavy atom. The molecule has 2 rings (SSSR count). The molecule has 20 heavy (non-hydrogen) atoms. The van der Waals surface area contributed by atoms with Crippen LogP contribution in [0, 0.1) is 19.7 Å². The van der Waals surface area contributed by atoms with E-state index in [4.69, 9.17) is 4.42 Å². The van der Waals surface area contributed by atoms with Crippen LogP contribution in [0.1, 0.15) is 36.9 Å². The van der Waals surface area contributed by atoms with Crippen LogP contribution in [0.3, 0.4) is 0 Å². The molecular formula is C15H19FN2OS. The quantitative estimate of drug-likeness (QED) is 0.894. The van der Waals surface area contributed by atoms with Crippen molar-refractivity contribution in [2.45, 2.75) is 43.9 Å². The largest absolute Gasteiger partial charge is 0.436 e. The zero-order valence-electron chi connectivity index (χ0n) is 12.2. The molecule has 0 spiro atoms. The smallest absolute Gasteiger partial charge is 0.261 e. The Labute approximate surface area is 123 Å². The van der Waals surface area contributed by atoms with E-state index in [0.29, 0.717) is 10.1 Å². The van der Waals surface area contributed by atoms with E-state index >= 15 is 0 Å². The number of aryl methyl sites for hydroxylation is 2. The minimum atomic E-state index is -0.245. The Kier molecular flexibility index (Phi) is 4.83. The van der Waals surface area contributed by atoms with Gasteiger partial charge >= 0.3 is 0 Å². The lowest BCUT2D eigenvalue weighted by molar-refractivity contribution is 0.430. The molecule has 0 saturated heterocycles. The molecule has 1 aromatic heterocycles. The fourth-order valence-corrected chi connectivity index (χ4v) is 2.70. The fraction of sp³-hybridized carbons (Fsp3) is 0.400. The fourth-order valence-electron chi connectivity index (χ4n) is 1.87. The van der Waals surface area contributed by atoms with Crippen molar-refractivity contribution in [3.05, 3.63) is 41.0 Å². The molecule has 3 nitrogen and oxygen atoms in total. The van der Waals surface area contributed by atoms with Gasteiger partial charge in [0.1, 0.15) is 11.6 Å². The summed E-state index contributed by atoms with van der Waals surface area (Å²) in [7, 11) is 0. The third kappa shape index (κ3) is 3.41. The normalized spacial score (nSPS) is 12.7. The monoisotopic (exact) mass is 294 g/mol. The first-order chi connectivity index (χ1) is 9.51. The van der Waals surface area contributed by atoms with Gasteiger partial charge in [-0.25, -0.2) is 9.37 Å². The second-order valence-electron chi connectivity index (χ2n) is 4.69. The maximum atomic E-state index is 14.1. The molecule has 108 valence electrons. The molecule has 1 aromatic carbocycles. The number of aromatic nitrogens is 1. The van der Waals surface area contributed by atoms with Crippen LogP contribution in [0.25, 0.3) is 0 Å².